The lowest BCUT2D eigenvalue weighted by atomic mass is 9.99. The molecule has 2 rings (SSSR count). The number of anilines is 1. The van der Waals surface area contributed by atoms with Crippen molar-refractivity contribution in [1.29, 1.82) is 0 Å². The molecule has 3 nitrogen and oxygen atoms in total. The van der Waals surface area contributed by atoms with Gasteiger partial charge in [0.15, 0.2) is 0 Å². The lowest BCUT2D eigenvalue weighted by molar-refractivity contribution is -0.137. The van der Waals surface area contributed by atoms with Gasteiger partial charge in [0.25, 0.3) is 0 Å². The maximum atomic E-state index is 12.5. The van der Waals surface area contributed by atoms with Crippen LogP contribution in [0.25, 0.3) is 0 Å². The van der Waals surface area contributed by atoms with Crippen molar-refractivity contribution < 1.29 is 13.2 Å². The molecule has 1 heterocycles. The van der Waals surface area contributed by atoms with Crippen molar-refractivity contribution in [2.24, 2.45) is 0 Å². The maximum Gasteiger partial charge on any atom is 0.416 e. The number of hydrogen-bond acceptors (Lipinski definition) is 3. The average Bonchev–Trinajstić information content (AvgIpc) is 2.44. The van der Waals surface area contributed by atoms with Crippen LogP contribution >= 0.6 is 0 Å². The number of alkyl halides is 3. The number of nitrogens with one attached hydrogen (secondary N) is 1. The van der Waals surface area contributed by atoms with Crippen LogP contribution in [-0.2, 0) is 6.18 Å². The lowest BCUT2D eigenvalue weighted by Crippen LogP contribution is -2.12. The van der Waals surface area contributed by atoms with Crippen molar-refractivity contribution in [2.45, 2.75) is 25.9 Å². The highest BCUT2D eigenvalue weighted by Crippen LogP contribution is 2.30. The summed E-state index contributed by atoms with van der Waals surface area (Å²) in [7, 11) is 0. The third-order valence-electron chi connectivity index (χ3n) is 3.20. The number of benzene rings is 1. The average molecular weight is 295 g/mol. The fraction of sp³-hybridized carbons (Fsp3) is 0.333. The number of aromatic nitrogens is 2. The molecule has 1 atom stereocenters. The van der Waals surface area contributed by atoms with Gasteiger partial charge in [-0.3, -0.25) is 0 Å². The molecule has 0 aliphatic rings. The van der Waals surface area contributed by atoms with Gasteiger partial charge in [-0.1, -0.05) is 19.1 Å². The van der Waals surface area contributed by atoms with Crippen LogP contribution in [0.15, 0.2) is 36.7 Å². The monoisotopic (exact) mass is 295 g/mol. The summed E-state index contributed by atoms with van der Waals surface area (Å²) in [6.45, 7) is 4.40. The van der Waals surface area contributed by atoms with E-state index in [-0.39, 0.29) is 5.92 Å². The zero-order chi connectivity index (χ0) is 15.5. The van der Waals surface area contributed by atoms with E-state index in [9.17, 15) is 13.2 Å². The second kappa shape index (κ2) is 6.11. The smallest absolute Gasteiger partial charge is 0.369 e. The predicted molar refractivity (Wildman–Crippen MR) is 75.1 cm³/mol. The van der Waals surface area contributed by atoms with Crippen molar-refractivity contribution >= 4 is 5.82 Å². The van der Waals surface area contributed by atoms with Crippen LogP contribution in [0.5, 0.6) is 0 Å². The van der Waals surface area contributed by atoms with Crippen LogP contribution in [0.4, 0.5) is 19.0 Å². The Morgan fingerprint density at radius 3 is 2.38 bits per heavy atom. The highest BCUT2D eigenvalue weighted by Gasteiger charge is 2.30. The fourth-order valence-corrected chi connectivity index (χ4v) is 1.93. The Kier molecular flexibility index (Phi) is 4.45. The normalized spacial score (nSPS) is 13.0. The number of hydrogen-bond donors (Lipinski definition) is 1. The predicted octanol–water partition coefficient (Wildman–Crippen LogP) is 4.02. The molecule has 0 amide bonds. The minimum atomic E-state index is -4.29. The van der Waals surface area contributed by atoms with E-state index in [1.54, 1.807) is 0 Å². The number of rotatable bonds is 4. The third kappa shape index (κ3) is 4.18. The Morgan fingerprint density at radius 1 is 1.14 bits per heavy atom. The van der Waals surface area contributed by atoms with Gasteiger partial charge in [-0.2, -0.15) is 13.2 Å². The van der Waals surface area contributed by atoms with Gasteiger partial charge >= 0.3 is 6.18 Å². The van der Waals surface area contributed by atoms with Crippen LogP contribution in [0, 0.1) is 6.92 Å². The van der Waals surface area contributed by atoms with E-state index >= 15 is 0 Å². The minimum absolute atomic E-state index is 0.0718. The summed E-state index contributed by atoms with van der Waals surface area (Å²) in [4.78, 5) is 8.08. The molecule has 0 bridgehead atoms. The van der Waals surface area contributed by atoms with Gasteiger partial charge in [-0.15, -0.1) is 0 Å². The van der Waals surface area contributed by atoms with Crippen molar-refractivity contribution in [2.75, 3.05) is 11.9 Å². The molecule has 0 fully saturated rings. The van der Waals surface area contributed by atoms with Gasteiger partial charge in [0.1, 0.15) is 12.1 Å². The minimum Gasteiger partial charge on any atom is -0.369 e. The van der Waals surface area contributed by atoms with E-state index < -0.39 is 11.7 Å². The standard InChI is InChI=1S/C15H16F3N3/c1-10(8-19-14-7-11(2)20-9-21-14)12-3-5-13(6-4-12)15(16,17)18/h3-7,9-10H,8H2,1-2H3,(H,19,20,21). The van der Waals surface area contributed by atoms with Gasteiger partial charge in [0.2, 0.25) is 0 Å². The molecule has 112 valence electrons. The van der Waals surface area contributed by atoms with Crippen molar-refractivity contribution in [1.82, 2.24) is 9.97 Å². The first-order valence-corrected chi connectivity index (χ1v) is 6.56. The summed E-state index contributed by atoms with van der Waals surface area (Å²) in [5.41, 5.74) is 1.08. The molecule has 21 heavy (non-hydrogen) atoms. The summed E-state index contributed by atoms with van der Waals surface area (Å²) in [5.74, 6) is 0.781. The molecule has 1 N–H and O–H groups in total. The Labute approximate surface area is 121 Å². The van der Waals surface area contributed by atoms with Crippen LogP contribution in [0.3, 0.4) is 0 Å². The molecule has 0 aliphatic carbocycles. The van der Waals surface area contributed by atoms with E-state index in [0.29, 0.717) is 12.4 Å². The van der Waals surface area contributed by atoms with E-state index in [4.69, 9.17) is 0 Å². The first kappa shape index (κ1) is 15.3. The molecule has 1 aromatic heterocycles. The van der Waals surface area contributed by atoms with Gasteiger partial charge in [0.05, 0.1) is 5.56 Å². The molecule has 2 aromatic rings. The SMILES string of the molecule is Cc1cc(NCC(C)c2ccc(C(F)(F)F)cc2)ncn1. The van der Waals surface area contributed by atoms with Gasteiger partial charge in [-0.05, 0) is 30.5 Å². The van der Waals surface area contributed by atoms with Crippen molar-refractivity contribution in [3.8, 4) is 0 Å². The quantitative estimate of drug-likeness (QED) is 0.925. The Balaban J connectivity index is 1.99. The Bertz CT molecular complexity index is 594. The van der Waals surface area contributed by atoms with Crippen molar-refractivity contribution in [3.05, 3.63) is 53.5 Å². The molecule has 0 aliphatic heterocycles. The number of halogens is 3. The molecule has 1 unspecified atom stereocenters. The van der Waals surface area contributed by atoms with E-state index in [0.717, 1.165) is 23.4 Å². The van der Waals surface area contributed by atoms with Crippen LogP contribution in [0.2, 0.25) is 0 Å². The van der Waals surface area contributed by atoms with Gasteiger partial charge in [0, 0.05) is 18.3 Å². The summed E-state index contributed by atoms with van der Waals surface area (Å²) in [6, 6.07) is 7.07. The second-order valence-corrected chi connectivity index (χ2v) is 4.95. The van der Waals surface area contributed by atoms with E-state index in [2.05, 4.69) is 15.3 Å². The van der Waals surface area contributed by atoms with Gasteiger partial charge < -0.3 is 5.32 Å². The van der Waals surface area contributed by atoms with E-state index in [1.165, 1.54) is 18.5 Å². The second-order valence-electron chi connectivity index (χ2n) is 4.95. The number of aryl methyl sites for hydroxylation is 1. The third-order valence-corrected chi connectivity index (χ3v) is 3.20. The summed E-state index contributed by atoms with van der Waals surface area (Å²) >= 11 is 0. The molecule has 1 aromatic carbocycles. The first-order valence-electron chi connectivity index (χ1n) is 6.56. The lowest BCUT2D eigenvalue weighted by Gasteiger charge is -2.15. The summed E-state index contributed by atoms with van der Waals surface area (Å²) < 4.78 is 37.5. The van der Waals surface area contributed by atoms with Crippen LogP contribution in [-0.4, -0.2) is 16.5 Å². The highest BCUT2D eigenvalue weighted by atomic mass is 19.4. The zero-order valence-corrected chi connectivity index (χ0v) is 11.8. The molecule has 0 saturated carbocycles. The molecular weight excluding hydrogens is 279 g/mol. The zero-order valence-electron chi connectivity index (χ0n) is 11.8. The summed E-state index contributed by atoms with van der Waals surface area (Å²) in [6.07, 6.45) is -2.82. The largest absolute Gasteiger partial charge is 0.416 e. The Hall–Kier alpha value is -2.11. The highest BCUT2D eigenvalue weighted by molar-refractivity contribution is 5.36. The molecule has 0 radical (unpaired) electrons. The van der Waals surface area contributed by atoms with Gasteiger partial charge in [-0.25, -0.2) is 9.97 Å². The van der Waals surface area contributed by atoms with Crippen LogP contribution in [0.1, 0.15) is 29.7 Å². The first-order chi connectivity index (χ1) is 9.86. The Morgan fingerprint density at radius 2 is 1.81 bits per heavy atom. The van der Waals surface area contributed by atoms with Crippen LogP contribution < -0.4 is 5.32 Å². The number of nitrogens with zero attached hydrogens (tertiary/aromatic N) is 2. The molecule has 6 heteroatoms. The fourth-order valence-electron chi connectivity index (χ4n) is 1.93. The molecule has 0 spiro atoms. The van der Waals surface area contributed by atoms with E-state index in [1.807, 2.05) is 19.9 Å². The van der Waals surface area contributed by atoms with Crippen molar-refractivity contribution in [3.63, 3.8) is 0 Å². The maximum absolute atomic E-state index is 12.5. The summed E-state index contributed by atoms with van der Waals surface area (Å²) in [5, 5.41) is 3.16. The molecule has 0 saturated heterocycles. The topological polar surface area (TPSA) is 37.8 Å². The molecular formula is C15H16F3N3.